The molecule has 0 radical (unpaired) electrons. The van der Waals surface area contributed by atoms with Crippen LogP contribution in [0.5, 0.6) is 0 Å². The molecule has 0 aromatic heterocycles. The molecule has 3 fully saturated rings. The molecule has 2 amide bonds. The maximum absolute atomic E-state index is 12.7. The van der Waals surface area contributed by atoms with Gasteiger partial charge in [0, 0.05) is 31.6 Å². The van der Waals surface area contributed by atoms with Crippen LogP contribution in [0.1, 0.15) is 30.4 Å². The summed E-state index contributed by atoms with van der Waals surface area (Å²) in [4.78, 5) is 27.1. The fourth-order valence-electron chi connectivity index (χ4n) is 3.94. The summed E-state index contributed by atoms with van der Waals surface area (Å²) in [5, 5.41) is 2.99. The first kappa shape index (κ1) is 17.5. The van der Waals surface area contributed by atoms with E-state index in [9.17, 15) is 9.59 Å². The number of piperidine rings is 1. The van der Waals surface area contributed by atoms with Gasteiger partial charge in [-0.25, -0.2) is 0 Å². The predicted octanol–water partition coefficient (Wildman–Crippen LogP) is 2.24. The van der Waals surface area contributed by atoms with E-state index in [1.807, 2.05) is 36.9 Å². The minimum absolute atomic E-state index is 0.0482. The Balaban J connectivity index is 1.31. The molecule has 1 N–H and O–H groups in total. The number of nitrogens with one attached hydrogen (secondary N) is 1. The van der Waals surface area contributed by atoms with Crippen LogP contribution in [-0.2, 0) is 19.1 Å². The molecule has 0 bridgehead atoms. The maximum atomic E-state index is 12.7. The van der Waals surface area contributed by atoms with Gasteiger partial charge in [0.1, 0.15) is 0 Å². The molecule has 6 nitrogen and oxygen atoms in total. The molecule has 1 spiro atoms. The van der Waals surface area contributed by atoms with Crippen LogP contribution >= 0.6 is 0 Å². The predicted molar refractivity (Wildman–Crippen MR) is 96.6 cm³/mol. The Hall–Kier alpha value is -1.92. The zero-order valence-corrected chi connectivity index (χ0v) is 15.4. The van der Waals surface area contributed by atoms with Gasteiger partial charge in [-0.2, -0.15) is 0 Å². The van der Waals surface area contributed by atoms with Crippen LogP contribution in [0, 0.1) is 25.7 Å². The van der Waals surface area contributed by atoms with E-state index in [1.165, 1.54) is 0 Å². The van der Waals surface area contributed by atoms with E-state index in [2.05, 4.69) is 5.32 Å². The summed E-state index contributed by atoms with van der Waals surface area (Å²) in [6.07, 6.45) is 2.07. The minimum Gasteiger partial charge on any atom is -0.347 e. The molecule has 140 valence electrons. The van der Waals surface area contributed by atoms with Gasteiger partial charge in [-0.05, 0) is 37.5 Å². The molecule has 2 aliphatic heterocycles. The lowest BCUT2D eigenvalue weighted by atomic mass is 10.0. The number of hydrogen-bond acceptors (Lipinski definition) is 4. The second-order valence-electron chi connectivity index (χ2n) is 7.69. The van der Waals surface area contributed by atoms with Gasteiger partial charge in [0.15, 0.2) is 5.79 Å². The Morgan fingerprint density at radius 2 is 1.81 bits per heavy atom. The monoisotopic (exact) mass is 358 g/mol. The molecular weight excluding hydrogens is 332 g/mol. The first-order valence-electron chi connectivity index (χ1n) is 9.42. The van der Waals surface area contributed by atoms with E-state index in [-0.39, 0.29) is 23.7 Å². The number of amides is 2. The van der Waals surface area contributed by atoms with Crippen LogP contribution in [-0.4, -0.2) is 48.8 Å². The summed E-state index contributed by atoms with van der Waals surface area (Å²) in [6, 6.07) is 5.99. The smallest absolute Gasteiger partial charge is 0.228 e. The zero-order chi connectivity index (χ0) is 18.3. The quantitative estimate of drug-likeness (QED) is 0.900. The highest BCUT2D eigenvalue weighted by molar-refractivity contribution is 6.00. The highest BCUT2D eigenvalue weighted by Gasteiger charge is 2.51. The van der Waals surface area contributed by atoms with Gasteiger partial charge in [0.05, 0.1) is 25.0 Å². The lowest BCUT2D eigenvalue weighted by Gasteiger charge is -2.37. The first-order valence-corrected chi connectivity index (χ1v) is 9.42. The van der Waals surface area contributed by atoms with Crippen molar-refractivity contribution in [3.63, 3.8) is 0 Å². The summed E-state index contributed by atoms with van der Waals surface area (Å²) in [5.74, 6) is -0.816. The van der Waals surface area contributed by atoms with Crippen LogP contribution in [0.3, 0.4) is 0 Å². The molecule has 2 saturated heterocycles. The number of carbonyl (C=O) groups is 2. The van der Waals surface area contributed by atoms with E-state index in [4.69, 9.17) is 9.47 Å². The van der Waals surface area contributed by atoms with E-state index >= 15 is 0 Å². The molecule has 2 atom stereocenters. The standard InChI is InChI=1S/C20H26N2O4/c1-13-3-4-14(2)17(11-13)21-18(23)15-12-16(15)19(24)22-7-5-20(6-8-22)25-9-10-26-20/h3-4,11,15-16H,5-10,12H2,1-2H3,(H,21,23). The first-order chi connectivity index (χ1) is 12.5. The lowest BCUT2D eigenvalue weighted by Crippen LogP contribution is -2.48. The molecular formula is C20H26N2O4. The third-order valence-electron chi connectivity index (χ3n) is 5.75. The number of hydrogen-bond donors (Lipinski definition) is 1. The number of benzene rings is 1. The maximum Gasteiger partial charge on any atom is 0.228 e. The zero-order valence-electron chi connectivity index (χ0n) is 15.4. The summed E-state index contributed by atoms with van der Waals surface area (Å²) in [5.41, 5.74) is 2.97. The normalized spacial score (nSPS) is 26.8. The van der Waals surface area contributed by atoms with Crippen molar-refractivity contribution in [2.45, 2.75) is 38.9 Å². The van der Waals surface area contributed by atoms with E-state index in [0.717, 1.165) is 16.8 Å². The minimum atomic E-state index is -0.472. The van der Waals surface area contributed by atoms with Gasteiger partial charge in [-0.15, -0.1) is 0 Å². The number of likely N-dealkylation sites (tertiary alicyclic amines) is 1. The number of ether oxygens (including phenoxy) is 2. The van der Waals surface area contributed by atoms with E-state index in [1.54, 1.807) is 0 Å². The molecule has 1 aliphatic carbocycles. The summed E-state index contributed by atoms with van der Waals surface area (Å²) in [7, 11) is 0. The number of nitrogens with zero attached hydrogens (tertiary/aromatic N) is 1. The average Bonchev–Trinajstić information content (AvgIpc) is 3.32. The highest BCUT2D eigenvalue weighted by atomic mass is 16.7. The van der Waals surface area contributed by atoms with Crippen LogP contribution in [0.4, 0.5) is 5.69 Å². The van der Waals surface area contributed by atoms with Crippen LogP contribution in [0.25, 0.3) is 0 Å². The third kappa shape index (κ3) is 3.35. The van der Waals surface area contributed by atoms with Gasteiger partial charge in [0.25, 0.3) is 0 Å². The number of carbonyl (C=O) groups excluding carboxylic acids is 2. The molecule has 26 heavy (non-hydrogen) atoms. The molecule has 4 rings (SSSR count). The molecule has 1 aromatic carbocycles. The fourth-order valence-corrected chi connectivity index (χ4v) is 3.94. The van der Waals surface area contributed by atoms with Gasteiger partial charge >= 0.3 is 0 Å². The van der Waals surface area contributed by atoms with Gasteiger partial charge in [-0.3, -0.25) is 9.59 Å². The van der Waals surface area contributed by atoms with Gasteiger partial charge < -0.3 is 19.7 Å². The van der Waals surface area contributed by atoms with Crippen molar-refractivity contribution in [2.24, 2.45) is 11.8 Å². The van der Waals surface area contributed by atoms with E-state index < -0.39 is 5.79 Å². The topological polar surface area (TPSA) is 67.9 Å². The number of aryl methyl sites for hydroxylation is 2. The lowest BCUT2D eigenvalue weighted by molar-refractivity contribution is -0.187. The molecule has 1 aromatic rings. The molecule has 2 heterocycles. The molecule has 1 saturated carbocycles. The average molecular weight is 358 g/mol. The second-order valence-corrected chi connectivity index (χ2v) is 7.69. The van der Waals surface area contributed by atoms with Gasteiger partial charge in [0.2, 0.25) is 11.8 Å². The van der Waals surface area contributed by atoms with Crippen LogP contribution < -0.4 is 5.32 Å². The second kappa shape index (κ2) is 6.67. The van der Waals surface area contributed by atoms with E-state index in [0.29, 0.717) is 45.6 Å². The van der Waals surface area contributed by atoms with Crippen molar-refractivity contribution >= 4 is 17.5 Å². The number of anilines is 1. The summed E-state index contributed by atoms with van der Waals surface area (Å²) >= 11 is 0. The van der Waals surface area contributed by atoms with Crippen molar-refractivity contribution in [1.82, 2.24) is 4.90 Å². The number of rotatable bonds is 3. The van der Waals surface area contributed by atoms with Crippen molar-refractivity contribution in [2.75, 3.05) is 31.6 Å². The molecule has 3 aliphatic rings. The van der Waals surface area contributed by atoms with Crippen molar-refractivity contribution in [3.8, 4) is 0 Å². The molecule has 6 heteroatoms. The SMILES string of the molecule is Cc1ccc(C)c(NC(=O)C2CC2C(=O)N2CCC3(CC2)OCCO3)c1. The van der Waals surface area contributed by atoms with Crippen molar-refractivity contribution < 1.29 is 19.1 Å². The Kier molecular flexibility index (Phi) is 4.49. The van der Waals surface area contributed by atoms with Crippen LogP contribution in [0.2, 0.25) is 0 Å². The van der Waals surface area contributed by atoms with Crippen molar-refractivity contribution in [3.05, 3.63) is 29.3 Å². The fraction of sp³-hybridized carbons (Fsp3) is 0.600. The largest absolute Gasteiger partial charge is 0.347 e. The third-order valence-corrected chi connectivity index (χ3v) is 5.75. The molecule has 2 unspecified atom stereocenters. The van der Waals surface area contributed by atoms with Crippen LogP contribution in [0.15, 0.2) is 18.2 Å². The Bertz CT molecular complexity index is 717. The summed E-state index contributed by atoms with van der Waals surface area (Å²) in [6.45, 7) is 6.52. The Labute approximate surface area is 153 Å². The highest BCUT2D eigenvalue weighted by Crippen LogP contribution is 2.42. The summed E-state index contributed by atoms with van der Waals surface area (Å²) < 4.78 is 11.4. The van der Waals surface area contributed by atoms with Gasteiger partial charge in [-0.1, -0.05) is 12.1 Å². The Morgan fingerprint density at radius 1 is 1.12 bits per heavy atom. The van der Waals surface area contributed by atoms with Crippen molar-refractivity contribution in [1.29, 1.82) is 0 Å². The Morgan fingerprint density at radius 3 is 2.50 bits per heavy atom.